The van der Waals surface area contributed by atoms with Crippen molar-refractivity contribution in [2.24, 2.45) is 0 Å². The summed E-state index contributed by atoms with van der Waals surface area (Å²) in [4.78, 5) is 0. The summed E-state index contributed by atoms with van der Waals surface area (Å²) in [6.45, 7) is 7.80. The smallest absolute Gasteiger partial charge is 0.124 e. The van der Waals surface area contributed by atoms with Gasteiger partial charge in [-0.05, 0) is 38.0 Å². The molecule has 0 aromatic heterocycles. The van der Waals surface area contributed by atoms with Gasteiger partial charge in [0, 0.05) is 12.2 Å². The van der Waals surface area contributed by atoms with Crippen molar-refractivity contribution in [1.82, 2.24) is 0 Å². The van der Waals surface area contributed by atoms with Crippen LogP contribution in [-0.4, -0.2) is 18.3 Å². The summed E-state index contributed by atoms with van der Waals surface area (Å²) in [7, 11) is 0. The van der Waals surface area contributed by atoms with Gasteiger partial charge in [0.25, 0.3) is 0 Å². The van der Waals surface area contributed by atoms with Crippen LogP contribution in [0.25, 0.3) is 0 Å². The molecule has 0 bridgehead atoms. The summed E-state index contributed by atoms with van der Waals surface area (Å²) in [6.07, 6.45) is 1.74. The number of unbranched alkanes of at least 4 members (excludes halogenated alkanes) is 1. The first-order valence-electron chi connectivity index (χ1n) is 6.70. The van der Waals surface area contributed by atoms with Crippen molar-refractivity contribution in [3.63, 3.8) is 0 Å². The van der Waals surface area contributed by atoms with E-state index in [1.165, 1.54) is 0 Å². The maximum atomic E-state index is 9.60. The predicted octanol–water partition coefficient (Wildman–Crippen LogP) is 3.46. The molecule has 0 aliphatic heterocycles. The fraction of sp³-hybridized carbons (Fsp3) is 0.600. The predicted molar refractivity (Wildman–Crippen MR) is 72.8 cm³/mol. The van der Waals surface area contributed by atoms with E-state index < -0.39 is 6.10 Å². The van der Waals surface area contributed by atoms with Crippen molar-refractivity contribution in [1.29, 1.82) is 0 Å². The fourth-order valence-corrected chi connectivity index (χ4v) is 1.70. The van der Waals surface area contributed by atoms with Crippen LogP contribution in [0.15, 0.2) is 18.2 Å². The summed E-state index contributed by atoms with van der Waals surface area (Å²) in [5, 5.41) is 9.60. The van der Waals surface area contributed by atoms with E-state index in [-0.39, 0.29) is 0 Å². The second kappa shape index (κ2) is 8.11. The Morgan fingerprint density at radius 2 is 2.06 bits per heavy atom. The molecule has 0 saturated heterocycles. The second-order valence-corrected chi connectivity index (χ2v) is 4.38. The van der Waals surface area contributed by atoms with Gasteiger partial charge in [-0.1, -0.05) is 19.4 Å². The van der Waals surface area contributed by atoms with Crippen molar-refractivity contribution in [3.8, 4) is 5.75 Å². The molecule has 0 spiro atoms. The number of rotatable bonds is 8. The van der Waals surface area contributed by atoms with E-state index in [4.69, 9.17) is 9.47 Å². The van der Waals surface area contributed by atoms with E-state index in [9.17, 15) is 5.11 Å². The van der Waals surface area contributed by atoms with Crippen LogP contribution in [0.3, 0.4) is 0 Å². The quantitative estimate of drug-likeness (QED) is 0.720. The Morgan fingerprint density at radius 3 is 2.67 bits per heavy atom. The SMILES string of the molecule is CCCCOCc1cc(C(C)O)ccc1OCC. The van der Waals surface area contributed by atoms with Crippen LogP contribution in [0.4, 0.5) is 0 Å². The minimum absolute atomic E-state index is 0.463. The third-order valence-electron chi connectivity index (χ3n) is 2.77. The fourth-order valence-electron chi connectivity index (χ4n) is 1.70. The van der Waals surface area contributed by atoms with Gasteiger partial charge in [-0.15, -0.1) is 0 Å². The highest BCUT2D eigenvalue weighted by Crippen LogP contribution is 2.24. The van der Waals surface area contributed by atoms with Gasteiger partial charge in [-0.2, -0.15) is 0 Å². The molecule has 1 N–H and O–H groups in total. The Hall–Kier alpha value is -1.06. The van der Waals surface area contributed by atoms with Gasteiger partial charge in [0.05, 0.1) is 19.3 Å². The Labute approximate surface area is 110 Å². The minimum atomic E-state index is -0.463. The molecule has 1 unspecified atom stereocenters. The van der Waals surface area contributed by atoms with Crippen LogP contribution in [0, 0.1) is 0 Å². The molecule has 0 fully saturated rings. The summed E-state index contributed by atoms with van der Waals surface area (Å²) in [6, 6.07) is 5.76. The first-order valence-corrected chi connectivity index (χ1v) is 6.70. The molecule has 0 heterocycles. The maximum absolute atomic E-state index is 9.60. The number of hydrogen-bond acceptors (Lipinski definition) is 3. The number of ether oxygens (including phenoxy) is 2. The lowest BCUT2D eigenvalue weighted by atomic mass is 10.1. The summed E-state index contributed by atoms with van der Waals surface area (Å²) >= 11 is 0. The van der Waals surface area contributed by atoms with Crippen molar-refractivity contribution >= 4 is 0 Å². The van der Waals surface area contributed by atoms with Gasteiger partial charge in [0.2, 0.25) is 0 Å². The second-order valence-electron chi connectivity index (χ2n) is 4.38. The van der Waals surface area contributed by atoms with Crippen molar-refractivity contribution in [2.75, 3.05) is 13.2 Å². The molecule has 102 valence electrons. The summed E-state index contributed by atoms with van der Waals surface area (Å²) in [5.41, 5.74) is 1.90. The highest BCUT2D eigenvalue weighted by atomic mass is 16.5. The van der Waals surface area contributed by atoms with E-state index in [0.29, 0.717) is 13.2 Å². The maximum Gasteiger partial charge on any atom is 0.124 e. The zero-order valence-corrected chi connectivity index (χ0v) is 11.6. The number of aliphatic hydroxyl groups is 1. The van der Waals surface area contributed by atoms with Gasteiger partial charge in [-0.3, -0.25) is 0 Å². The third kappa shape index (κ3) is 4.67. The first kappa shape index (κ1) is 15.0. The van der Waals surface area contributed by atoms with E-state index in [1.807, 2.05) is 25.1 Å². The Kier molecular flexibility index (Phi) is 6.76. The normalized spacial score (nSPS) is 12.4. The summed E-state index contributed by atoms with van der Waals surface area (Å²) < 4.78 is 11.2. The molecular weight excluding hydrogens is 228 g/mol. The lowest BCUT2D eigenvalue weighted by Crippen LogP contribution is -2.02. The van der Waals surface area contributed by atoms with E-state index in [0.717, 1.165) is 36.3 Å². The van der Waals surface area contributed by atoms with Crippen molar-refractivity contribution < 1.29 is 14.6 Å². The van der Waals surface area contributed by atoms with Gasteiger partial charge < -0.3 is 14.6 Å². The lowest BCUT2D eigenvalue weighted by Gasteiger charge is -2.13. The van der Waals surface area contributed by atoms with Gasteiger partial charge in [0.15, 0.2) is 0 Å². The first-order chi connectivity index (χ1) is 8.69. The van der Waals surface area contributed by atoms with Crippen LogP contribution >= 0.6 is 0 Å². The molecule has 0 aliphatic carbocycles. The minimum Gasteiger partial charge on any atom is -0.494 e. The van der Waals surface area contributed by atoms with E-state index >= 15 is 0 Å². The number of benzene rings is 1. The molecule has 1 rings (SSSR count). The van der Waals surface area contributed by atoms with Crippen LogP contribution in [0.2, 0.25) is 0 Å². The zero-order chi connectivity index (χ0) is 13.4. The molecular formula is C15H24O3. The highest BCUT2D eigenvalue weighted by Gasteiger charge is 2.08. The molecule has 0 amide bonds. The molecule has 1 aromatic rings. The standard InChI is InChI=1S/C15H24O3/c1-4-6-9-17-11-14-10-13(12(3)16)7-8-15(14)18-5-2/h7-8,10,12,16H,4-6,9,11H2,1-3H3. The highest BCUT2D eigenvalue weighted by molar-refractivity contribution is 5.37. The zero-order valence-electron chi connectivity index (χ0n) is 11.6. The Balaban J connectivity index is 2.72. The third-order valence-corrected chi connectivity index (χ3v) is 2.77. The van der Waals surface area contributed by atoms with Crippen LogP contribution in [0.5, 0.6) is 5.75 Å². The lowest BCUT2D eigenvalue weighted by molar-refractivity contribution is 0.115. The molecule has 0 saturated carbocycles. The van der Waals surface area contributed by atoms with E-state index in [1.54, 1.807) is 6.92 Å². The topological polar surface area (TPSA) is 38.7 Å². The van der Waals surface area contributed by atoms with Gasteiger partial charge in [0.1, 0.15) is 5.75 Å². The number of aliphatic hydroxyl groups excluding tert-OH is 1. The van der Waals surface area contributed by atoms with Gasteiger partial charge in [-0.25, -0.2) is 0 Å². The van der Waals surface area contributed by atoms with Crippen LogP contribution in [-0.2, 0) is 11.3 Å². The summed E-state index contributed by atoms with van der Waals surface area (Å²) in [5.74, 6) is 0.846. The number of hydrogen-bond donors (Lipinski definition) is 1. The molecule has 0 aliphatic rings. The monoisotopic (exact) mass is 252 g/mol. The van der Waals surface area contributed by atoms with E-state index in [2.05, 4.69) is 6.92 Å². The largest absolute Gasteiger partial charge is 0.494 e. The van der Waals surface area contributed by atoms with Crippen molar-refractivity contribution in [3.05, 3.63) is 29.3 Å². The van der Waals surface area contributed by atoms with Gasteiger partial charge >= 0.3 is 0 Å². The average Bonchev–Trinajstić information content (AvgIpc) is 2.36. The molecule has 3 nitrogen and oxygen atoms in total. The molecule has 1 atom stereocenters. The molecule has 0 radical (unpaired) electrons. The Morgan fingerprint density at radius 1 is 1.28 bits per heavy atom. The average molecular weight is 252 g/mol. The van der Waals surface area contributed by atoms with Crippen molar-refractivity contribution in [2.45, 2.75) is 46.3 Å². The van der Waals surface area contributed by atoms with Crippen LogP contribution < -0.4 is 4.74 Å². The molecule has 1 aromatic carbocycles. The molecule has 3 heteroatoms. The van der Waals surface area contributed by atoms with Crippen LogP contribution in [0.1, 0.15) is 50.8 Å². The Bertz CT molecular complexity index is 348. The molecule has 18 heavy (non-hydrogen) atoms.